The van der Waals surface area contributed by atoms with E-state index in [2.05, 4.69) is 16.3 Å². The number of aromatic nitrogens is 2. The molecule has 0 saturated carbocycles. The van der Waals surface area contributed by atoms with Crippen molar-refractivity contribution in [3.63, 3.8) is 0 Å². The predicted octanol–water partition coefficient (Wildman–Crippen LogP) is 0.945. The van der Waals surface area contributed by atoms with E-state index in [0.29, 0.717) is 5.82 Å². The number of benzene rings is 1. The summed E-state index contributed by atoms with van der Waals surface area (Å²) in [6, 6.07) is 8.59. The van der Waals surface area contributed by atoms with Crippen molar-refractivity contribution in [2.45, 2.75) is 0 Å². The van der Waals surface area contributed by atoms with Crippen LogP contribution in [0.3, 0.4) is 0 Å². The lowest BCUT2D eigenvalue weighted by molar-refractivity contribution is 1.13. The molecule has 0 aliphatic heterocycles. The molecule has 0 atom stereocenters. The Morgan fingerprint density at radius 3 is 3.30 bits per heavy atom. The average molecular weight is 132 g/mol. The molecule has 1 aromatic carbocycles. The molecule has 0 aliphatic rings. The van der Waals surface area contributed by atoms with Crippen molar-refractivity contribution in [1.29, 1.82) is 0 Å². The van der Waals surface area contributed by atoms with Crippen LogP contribution in [0.5, 0.6) is 0 Å². The van der Waals surface area contributed by atoms with Gasteiger partial charge in [0.1, 0.15) is 0 Å². The summed E-state index contributed by atoms with van der Waals surface area (Å²) in [6.07, 6.45) is 0. The van der Waals surface area contributed by atoms with E-state index in [4.69, 9.17) is 5.73 Å². The third kappa shape index (κ3) is 0.572. The minimum absolute atomic E-state index is 0.510. The molecule has 0 amide bonds. The molecule has 0 aliphatic carbocycles. The molecular weight excluding hydrogens is 126 g/mol. The summed E-state index contributed by atoms with van der Waals surface area (Å²) in [5, 5.41) is 7.46. The van der Waals surface area contributed by atoms with Crippen LogP contribution in [0.2, 0.25) is 0 Å². The lowest BCUT2D eigenvalue weighted by Gasteiger charge is -1.83. The largest absolute Gasteiger partial charge is 0.382 e. The van der Waals surface area contributed by atoms with Crippen molar-refractivity contribution < 1.29 is 0 Å². The van der Waals surface area contributed by atoms with Gasteiger partial charge in [0.25, 0.3) is 0 Å². The molecule has 2 rings (SSSR count). The van der Waals surface area contributed by atoms with E-state index in [1.165, 1.54) is 0 Å². The summed E-state index contributed by atoms with van der Waals surface area (Å²) < 4.78 is 0. The van der Waals surface area contributed by atoms with Crippen molar-refractivity contribution >= 4 is 16.7 Å². The third-order valence-electron chi connectivity index (χ3n) is 1.41. The van der Waals surface area contributed by atoms with Gasteiger partial charge in [0.15, 0.2) is 5.82 Å². The van der Waals surface area contributed by atoms with Gasteiger partial charge in [-0.25, -0.2) is 0 Å². The predicted molar refractivity (Wildman–Crippen MR) is 39.3 cm³/mol. The first-order valence-electron chi connectivity index (χ1n) is 2.98. The van der Waals surface area contributed by atoms with Gasteiger partial charge in [0, 0.05) is 0 Å². The standard InChI is InChI=1S/C7H6N3/c8-7-5-3-1-2-4-6(5)9-10-7/h1-2,4H,(H3,8,9,10). The molecule has 3 heteroatoms. The molecule has 3 nitrogen and oxygen atoms in total. The molecule has 1 aromatic heterocycles. The quantitative estimate of drug-likeness (QED) is 0.560. The number of nitrogens with zero attached hydrogens (tertiary/aromatic N) is 1. The van der Waals surface area contributed by atoms with Crippen LogP contribution < -0.4 is 5.73 Å². The smallest absolute Gasteiger partial charge is 0.153 e. The number of aromatic amines is 1. The molecule has 0 spiro atoms. The number of nitrogen functional groups attached to an aromatic ring is 1. The van der Waals surface area contributed by atoms with Gasteiger partial charge < -0.3 is 5.73 Å². The van der Waals surface area contributed by atoms with Crippen molar-refractivity contribution in [3.8, 4) is 0 Å². The second kappa shape index (κ2) is 1.73. The van der Waals surface area contributed by atoms with Crippen LogP contribution in [0, 0.1) is 6.07 Å². The molecule has 3 N–H and O–H groups in total. The highest BCUT2D eigenvalue weighted by atomic mass is 15.1. The number of hydrogen-bond acceptors (Lipinski definition) is 2. The Kier molecular flexibility index (Phi) is 0.917. The zero-order valence-corrected chi connectivity index (χ0v) is 5.26. The van der Waals surface area contributed by atoms with E-state index in [1.54, 1.807) is 0 Å². The Bertz CT molecular complexity index is 350. The molecule has 0 bridgehead atoms. The first-order valence-corrected chi connectivity index (χ1v) is 2.98. The lowest BCUT2D eigenvalue weighted by Crippen LogP contribution is -1.83. The van der Waals surface area contributed by atoms with E-state index in [9.17, 15) is 0 Å². The summed E-state index contributed by atoms with van der Waals surface area (Å²) in [7, 11) is 0. The van der Waals surface area contributed by atoms with E-state index in [1.807, 2.05) is 18.2 Å². The molecule has 10 heavy (non-hydrogen) atoms. The van der Waals surface area contributed by atoms with Gasteiger partial charge in [-0.05, 0) is 12.1 Å². The minimum atomic E-state index is 0.510. The van der Waals surface area contributed by atoms with Crippen LogP contribution in [0.25, 0.3) is 10.9 Å². The third-order valence-corrected chi connectivity index (χ3v) is 1.41. The van der Waals surface area contributed by atoms with Crippen LogP contribution in [0.1, 0.15) is 0 Å². The number of fused-ring (bicyclic) bond motifs is 1. The van der Waals surface area contributed by atoms with Gasteiger partial charge >= 0.3 is 0 Å². The van der Waals surface area contributed by atoms with Gasteiger partial charge in [-0.15, -0.1) is 0 Å². The Hall–Kier alpha value is -1.51. The highest BCUT2D eigenvalue weighted by Gasteiger charge is 1.97. The molecule has 0 saturated heterocycles. The van der Waals surface area contributed by atoms with E-state index >= 15 is 0 Å². The van der Waals surface area contributed by atoms with E-state index < -0.39 is 0 Å². The van der Waals surface area contributed by atoms with Crippen LogP contribution in [0.15, 0.2) is 18.2 Å². The van der Waals surface area contributed by atoms with Gasteiger partial charge in [-0.2, -0.15) is 5.10 Å². The fraction of sp³-hybridized carbons (Fsp3) is 0. The summed E-state index contributed by atoms with van der Waals surface area (Å²) in [5.41, 5.74) is 6.43. The molecule has 1 radical (unpaired) electrons. The topological polar surface area (TPSA) is 54.7 Å². The zero-order valence-electron chi connectivity index (χ0n) is 5.26. The highest BCUT2D eigenvalue weighted by Crippen LogP contribution is 2.14. The second-order valence-electron chi connectivity index (χ2n) is 2.07. The lowest BCUT2D eigenvalue weighted by atomic mass is 10.2. The van der Waals surface area contributed by atoms with Gasteiger partial charge in [0.05, 0.1) is 10.9 Å². The van der Waals surface area contributed by atoms with Crippen LogP contribution >= 0.6 is 0 Å². The van der Waals surface area contributed by atoms with E-state index in [0.717, 1.165) is 10.9 Å². The molecular formula is C7H6N3. The van der Waals surface area contributed by atoms with Crippen molar-refractivity contribution in [2.75, 3.05) is 5.73 Å². The maximum Gasteiger partial charge on any atom is 0.153 e. The van der Waals surface area contributed by atoms with Crippen LogP contribution in [-0.2, 0) is 0 Å². The Labute approximate surface area is 57.9 Å². The number of nitrogens with one attached hydrogen (secondary N) is 1. The van der Waals surface area contributed by atoms with Gasteiger partial charge in [0.2, 0.25) is 0 Å². The fourth-order valence-electron chi connectivity index (χ4n) is 0.918. The summed E-state index contributed by atoms with van der Waals surface area (Å²) in [4.78, 5) is 0. The first-order chi connectivity index (χ1) is 4.88. The Balaban J connectivity index is 2.93. The number of nitrogens with two attached hydrogens (primary N) is 1. The van der Waals surface area contributed by atoms with Crippen molar-refractivity contribution in [1.82, 2.24) is 10.2 Å². The molecule has 49 valence electrons. The maximum absolute atomic E-state index is 5.50. The number of rotatable bonds is 0. The van der Waals surface area contributed by atoms with Crippen LogP contribution in [-0.4, -0.2) is 10.2 Å². The minimum Gasteiger partial charge on any atom is -0.382 e. The monoisotopic (exact) mass is 132 g/mol. The van der Waals surface area contributed by atoms with Crippen LogP contribution in [0.4, 0.5) is 5.82 Å². The average Bonchev–Trinajstić information content (AvgIpc) is 2.34. The van der Waals surface area contributed by atoms with E-state index in [-0.39, 0.29) is 0 Å². The summed E-state index contributed by atoms with van der Waals surface area (Å²) in [6.45, 7) is 0. The van der Waals surface area contributed by atoms with Gasteiger partial charge in [-0.3, -0.25) is 5.10 Å². The Morgan fingerprint density at radius 2 is 2.50 bits per heavy atom. The number of H-pyrrole nitrogens is 1. The second-order valence-corrected chi connectivity index (χ2v) is 2.07. The van der Waals surface area contributed by atoms with Crippen molar-refractivity contribution in [3.05, 3.63) is 24.3 Å². The molecule has 1 heterocycles. The van der Waals surface area contributed by atoms with Gasteiger partial charge in [-0.1, -0.05) is 12.1 Å². The summed E-state index contributed by atoms with van der Waals surface area (Å²) >= 11 is 0. The molecule has 0 unspecified atom stereocenters. The SMILES string of the molecule is Nc1n[nH]c2ccc[c]c12. The zero-order chi connectivity index (χ0) is 6.97. The summed E-state index contributed by atoms with van der Waals surface area (Å²) in [5.74, 6) is 0.510. The first kappa shape index (κ1) is 5.29. The normalized spacial score (nSPS) is 10.4. The Morgan fingerprint density at radius 1 is 1.60 bits per heavy atom. The molecule has 0 fully saturated rings. The fourth-order valence-corrected chi connectivity index (χ4v) is 0.918. The molecule has 2 aromatic rings. The maximum atomic E-state index is 5.50. The number of anilines is 1. The van der Waals surface area contributed by atoms with Crippen molar-refractivity contribution in [2.24, 2.45) is 0 Å². The highest BCUT2D eigenvalue weighted by molar-refractivity contribution is 5.87. The number of hydrogen-bond donors (Lipinski definition) is 2.